The minimum atomic E-state index is -2.21. The van der Waals surface area contributed by atoms with Crippen LogP contribution in [0.3, 0.4) is 0 Å². The molecule has 21 heavy (non-hydrogen) atoms. The molecule has 0 heterocycles. The van der Waals surface area contributed by atoms with Crippen LogP contribution >= 0.6 is 31.2 Å². The molecule has 1 aromatic rings. The van der Waals surface area contributed by atoms with E-state index >= 15 is 0 Å². The lowest BCUT2D eigenvalue weighted by Crippen LogP contribution is -2.28. The molecule has 2 atom stereocenters. The minimum Gasteiger partial charge on any atom is -0.369 e. The number of rotatable bonds is 9. The molecule has 0 aromatic heterocycles. The summed E-state index contributed by atoms with van der Waals surface area (Å²) < 4.78 is 11.1. The van der Waals surface area contributed by atoms with Crippen molar-refractivity contribution in [3.8, 4) is 0 Å². The van der Waals surface area contributed by atoms with Crippen molar-refractivity contribution in [2.24, 2.45) is 5.73 Å². The summed E-state index contributed by atoms with van der Waals surface area (Å²) in [7, 11) is -2.21. The van der Waals surface area contributed by atoms with Crippen LogP contribution in [-0.2, 0) is 4.57 Å². The average molecular weight is 352 g/mol. The molecule has 0 aliphatic rings. The van der Waals surface area contributed by atoms with Crippen LogP contribution in [0.25, 0.3) is 0 Å². The van der Waals surface area contributed by atoms with Crippen molar-refractivity contribution in [3.63, 3.8) is 0 Å². The topological polar surface area (TPSA) is 66.6 Å². The van der Waals surface area contributed by atoms with E-state index in [1.807, 2.05) is 25.1 Å². The van der Waals surface area contributed by atoms with Crippen LogP contribution in [0.15, 0.2) is 18.2 Å². The number of benzene rings is 1. The van der Waals surface area contributed by atoms with Crippen LogP contribution in [0.5, 0.6) is 0 Å². The SMILES string of the molecule is Cc1ccc(N(CCCl)CCCl)cc1C(CN)C[P+](=O)O. The number of halogens is 2. The second-order valence-corrected chi connectivity index (χ2v) is 6.70. The second-order valence-electron chi connectivity index (χ2n) is 4.87. The molecule has 1 rings (SSSR count). The number of hydrogen-bond acceptors (Lipinski definition) is 3. The molecule has 0 aliphatic heterocycles. The van der Waals surface area contributed by atoms with Gasteiger partial charge >= 0.3 is 8.03 Å². The maximum Gasteiger partial charge on any atom is 0.506 e. The first kappa shape index (κ1) is 18.7. The van der Waals surface area contributed by atoms with Gasteiger partial charge in [-0.1, -0.05) is 6.07 Å². The van der Waals surface area contributed by atoms with Gasteiger partial charge in [0.05, 0.1) is 0 Å². The van der Waals surface area contributed by atoms with Gasteiger partial charge in [0.15, 0.2) is 6.16 Å². The van der Waals surface area contributed by atoms with Gasteiger partial charge in [-0.2, -0.15) is 4.89 Å². The van der Waals surface area contributed by atoms with E-state index in [2.05, 4.69) is 4.90 Å². The van der Waals surface area contributed by atoms with Crippen LogP contribution in [0.2, 0.25) is 0 Å². The zero-order valence-corrected chi connectivity index (χ0v) is 14.5. The molecule has 0 bridgehead atoms. The molecular weight excluding hydrogens is 330 g/mol. The van der Waals surface area contributed by atoms with Crippen molar-refractivity contribution < 1.29 is 9.46 Å². The zero-order chi connectivity index (χ0) is 15.8. The molecule has 7 heteroatoms. The summed E-state index contributed by atoms with van der Waals surface area (Å²) in [6, 6.07) is 6.06. The molecule has 0 fully saturated rings. The van der Waals surface area contributed by atoms with Crippen molar-refractivity contribution in [2.75, 3.05) is 42.5 Å². The summed E-state index contributed by atoms with van der Waals surface area (Å²) in [4.78, 5) is 11.3. The zero-order valence-electron chi connectivity index (χ0n) is 12.1. The van der Waals surface area contributed by atoms with Crippen LogP contribution in [0, 0.1) is 6.92 Å². The molecule has 2 unspecified atom stereocenters. The highest BCUT2D eigenvalue weighted by Gasteiger charge is 2.23. The van der Waals surface area contributed by atoms with E-state index in [1.165, 1.54) is 0 Å². The van der Waals surface area contributed by atoms with Gasteiger partial charge in [0.1, 0.15) is 0 Å². The highest BCUT2D eigenvalue weighted by Crippen LogP contribution is 2.30. The Kier molecular flexibility index (Phi) is 8.53. The van der Waals surface area contributed by atoms with E-state index in [9.17, 15) is 4.57 Å². The van der Waals surface area contributed by atoms with Gasteiger partial charge in [-0.25, -0.2) is 0 Å². The fourth-order valence-corrected chi connectivity index (χ4v) is 3.46. The highest BCUT2D eigenvalue weighted by molar-refractivity contribution is 7.38. The Morgan fingerprint density at radius 2 is 1.95 bits per heavy atom. The first-order valence-corrected chi connectivity index (χ1v) is 9.31. The maximum absolute atomic E-state index is 11.1. The molecule has 0 amide bonds. The molecule has 0 aliphatic carbocycles. The third kappa shape index (κ3) is 5.72. The van der Waals surface area contributed by atoms with E-state index in [0.717, 1.165) is 16.8 Å². The predicted molar refractivity (Wildman–Crippen MR) is 91.3 cm³/mol. The fourth-order valence-electron chi connectivity index (χ4n) is 2.33. The first-order chi connectivity index (χ1) is 10.0. The Morgan fingerprint density at radius 3 is 2.43 bits per heavy atom. The van der Waals surface area contributed by atoms with E-state index in [-0.39, 0.29) is 12.1 Å². The van der Waals surface area contributed by atoms with Crippen molar-refractivity contribution in [2.45, 2.75) is 12.8 Å². The third-order valence-electron chi connectivity index (χ3n) is 3.44. The molecule has 0 saturated carbocycles. The summed E-state index contributed by atoms with van der Waals surface area (Å²) in [5.41, 5.74) is 8.87. The van der Waals surface area contributed by atoms with E-state index in [4.69, 9.17) is 33.8 Å². The van der Waals surface area contributed by atoms with E-state index in [1.54, 1.807) is 0 Å². The second kappa shape index (κ2) is 9.60. The highest BCUT2D eigenvalue weighted by atomic mass is 35.5. The number of nitrogens with two attached hydrogens (primary N) is 1. The van der Waals surface area contributed by atoms with Gasteiger partial charge in [0.25, 0.3) is 0 Å². The first-order valence-electron chi connectivity index (χ1n) is 6.84. The summed E-state index contributed by atoms with van der Waals surface area (Å²) in [5.74, 6) is 0.915. The lowest BCUT2D eigenvalue weighted by molar-refractivity contribution is 0.497. The Labute approximate surface area is 137 Å². The van der Waals surface area contributed by atoms with Gasteiger partial charge in [-0.15, -0.1) is 23.2 Å². The molecule has 3 N–H and O–H groups in total. The molecule has 0 spiro atoms. The van der Waals surface area contributed by atoms with Crippen molar-refractivity contribution in [1.29, 1.82) is 0 Å². The summed E-state index contributed by atoms with van der Waals surface area (Å²) >= 11 is 11.7. The molecule has 0 radical (unpaired) electrons. The molecule has 1 aromatic carbocycles. The van der Waals surface area contributed by atoms with E-state index < -0.39 is 8.03 Å². The van der Waals surface area contributed by atoms with Crippen LogP contribution in [0.1, 0.15) is 17.0 Å². The molecule has 4 nitrogen and oxygen atoms in total. The normalized spacial score (nSPS) is 13.1. The summed E-state index contributed by atoms with van der Waals surface area (Å²) in [6.45, 7) is 3.74. The third-order valence-corrected chi connectivity index (χ3v) is 4.53. The van der Waals surface area contributed by atoms with Gasteiger partial charge in [0, 0.05) is 43.0 Å². The predicted octanol–water partition coefficient (Wildman–Crippen LogP) is 3.06. The van der Waals surface area contributed by atoms with Crippen LogP contribution in [0.4, 0.5) is 5.69 Å². The fraction of sp³-hybridized carbons (Fsp3) is 0.571. The van der Waals surface area contributed by atoms with Crippen molar-refractivity contribution in [1.82, 2.24) is 0 Å². The van der Waals surface area contributed by atoms with E-state index in [0.29, 0.717) is 31.4 Å². The van der Waals surface area contributed by atoms with Gasteiger partial charge in [-0.05, 0) is 34.7 Å². The largest absolute Gasteiger partial charge is 0.506 e. The number of anilines is 1. The smallest absolute Gasteiger partial charge is 0.369 e. The monoisotopic (exact) mass is 351 g/mol. The Hall–Kier alpha value is -0.380. The number of alkyl halides is 2. The van der Waals surface area contributed by atoms with Gasteiger partial charge < -0.3 is 10.6 Å². The quantitative estimate of drug-likeness (QED) is 0.530. The molecule has 118 valence electrons. The Bertz CT molecular complexity index is 468. The average Bonchev–Trinajstić information content (AvgIpc) is 2.45. The number of hydrogen-bond donors (Lipinski definition) is 2. The standard InChI is InChI=1S/C14H21Cl2N2O2P/c1-11-2-3-13(18(6-4-15)7-5-16)8-14(11)12(9-17)10-21(19)20/h2-3,8,12H,4-7,9-10,17H2,1H3/p+1. The van der Waals surface area contributed by atoms with Gasteiger partial charge in [-0.3, -0.25) is 0 Å². The Morgan fingerprint density at radius 1 is 1.33 bits per heavy atom. The molecular formula is C14H22Cl2N2O2P+. The summed E-state index contributed by atoms with van der Waals surface area (Å²) in [6.07, 6.45) is 0.182. The van der Waals surface area contributed by atoms with Crippen LogP contribution < -0.4 is 10.6 Å². The lowest BCUT2D eigenvalue weighted by atomic mass is 9.95. The maximum atomic E-state index is 11.1. The minimum absolute atomic E-state index is 0.118. The molecule has 0 saturated heterocycles. The lowest BCUT2D eigenvalue weighted by Gasteiger charge is -2.25. The number of aryl methyl sites for hydroxylation is 1. The van der Waals surface area contributed by atoms with Gasteiger partial charge in [0.2, 0.25) is 0 Å². The van der Waals surface area contributed by atoms with Crippen molar-refractivity contribution in [3.05, 3.63) is 29.3 Å². The van der Waals surface area contributed by atoms with Crippen molar-refractivity contribution >= 4 is 36.9 Å². The number of nitrogens with zero attached hydrogens (tertiary/aromatic N) is 1. The Balaban J connectivity index is 3.09. The van der Waals surface area contributed by atoms with Crippen LogP contribution in [-0.4, -0.2) is 42.4 Å². The summed E-state index contributed by atoms with van der Waals surface area (Å²) in [5, 5.41) is 0.